The fourth-order valence-corrected chi connectivity index (χ4v) is 2.85. The molecule has 2 aromatic rings. The number of unbranched alkanes of at least 4 members (excludes halogenated alkanes) is 1. The molecule has 5 nitrogen and oxygen atoms in total. The van der Waals surface area contributed by atoms with Gasteiger partial charge in [-0.3, -0.25) is 4.79 Å². The molecule has 0 saturated heterocycles. The molecule has 2 rings (SSSR count). The molecule has 0 aromatic heterocycles. The van der Waals surface area contributed by atoms with Gasteiger partial charge in [0.15, 0.2) is 11.6 Å². The van der Waals surface area contributed by atoms with Gasteiger partial charge < -0.3 is 19.3 Å². The highest BCUT2D eigenvalue weighted by Gasteiger charge is 2.12. The Morgan fingerprint density at radius 1 is 1.14 bits per heavy atom. The molecule has 1 N–H and O–H groups in total. The van der Waals surface area contributed by atoms with E-state index in [1.54, 1.807) is 0 Å². The van der Waals surface area contributed by atoms with Crippen molar-refractivity contribution >= 4 is 12.0 Å². The number of ether oxygens (including phenoxy) is 3. The molecule has 0 unspecified atom stereocenters. The predicted molar refractivity (Wildman–Crippen MR) is 110 cm³/mol. The van der Waals surface area contributed by atoms with Gasteiger partial charge in [-0.1, -0.05) is 19.9 Å². The standard InChI is InChI=1S/C23H27FO5/c1-4-7-16(2)19-9-11-21(17(3)23(19)26)28-13-6-5-12-27-18-8-10-20(24)22(14-18)29-15-25/h8-11,14-15,26H,2,4-7,12-13H2,1,3H3. The molecular weight excluding hydrogens is 375 g/mol. The van der Waals surface area contributed by atoms with Crippen LogP contribution in [0.3, 0.4) is 0 Å². The highest BCUT2D eigenvalue weighted by molar-refractivity contribution is 5.71. The average molecular weight is 402 g/mol. The van der Waals surface area contributed by atoms with Gasteiger partial charge in [0.1, 0.15) is 17.2 Å². The van der Waals surface area contributed by atoms with Crippen LogP contribution < -0.4 is 14.2 Å². The van der Waals surface area contributed by atoms with Crippen molar-refractivity contribution in [1.82, 2.24) is 0 Å². The lowest BCUT2D eigenvalue weighted by Gasteiger charge is -2.14. The fraction of sp³-hybridized carbons (Fsp3) is 0.348. The van der Waals surface area contributed by atoms with Crippen LogP contribution in [0.5, 0.6) is 23.0 Å². The van der Waals surface area contributed by atoms with Crippen molar-refractivity contribution < 1.29 is 28.5 Å². The highest BCUT2D eigenvalue weighted by atomic mass is 19.1. The SMILES string of the molecule is C=C(CCC)c1ccc(OCCCCOc2ccc(F)c(OC=O)c2)c(C)c1O. The lowest BCUT2D eigenvalue weighted by molar-refractivity contribution is -0.120. The monoisotopic (exact) mass is 402 g/mol. The average Bonchev–Trinajstić information content (AvgIpc) is 2.70. The van der Waals surface area contributed by atoms with Gasteiger partial charge in [-0.2, -0.15) is 0 Å². The predicted octanol–water partition coefficient (Wildman–Crippen LogP) is 5.43. The van der Waals surface area contributed by atoms with Gasteiger partial charge in [0.2, 0.25) is 0 Å². The van der Waals surface area contributed by atoms with E-state index in [-0.39, 0.29) is 18.0 Å². The Labute approximate surface area is 170 Å². The Morgan fingerprint density at radius 2 is 1.86 bits per heavy atom. The van der Waals surface area contributed by atoms with Crippen LogP contribution in [0, 0.1) is 12.7 Å². The van der Waals surface area contributed by atoms with E-state index in [0.29, 0.717) is 30.3 Å². The zero-order chi connectivity index (χ0) is 21.2. The van der Waals surface area contributed by atoms with Gasteiger partial charge >= 0.3 is 0 Å². The zero-order valence-electron chi connectivity index (χ0n) is 16.9. The van der Waals surface area contributed by atoms with Gasteiger partial charge in [-0.25, -0.2) is 4.39 Å². The summed E-state index contributed by atoms with van der Waals surface area (Å²) in [6.45, 7) is 8.98. The van der Waals surface area contributed by atoms with Crippen LogP contribution in [0.15, 0.2) is 36.9 Å². The minimum absolute atomic E-state index is 0.166. The van der Waals surface area contributed by atoms with Crippen LogP contribution in [0.2, 0.25) is 0 Å². The summed E-state index contributed by atoms with van der Waals surface area (Å²) in [7, 11) is 0. The van der Waals surface area contributed by atoms with Crippen molar-refractivity contribution in [3.05, 3.63) is 53.9 Å². The third kappa shape index (κ3) is 6.24. The second-order valence-corrected chi connectivity index (χ2v) is 6.65. The molecule has 0 aliphatic carbocycles. The maximum atomic E-state index is 13.4. The van der Waals surface area contributed by atoms with E-state index in [9.17, 15) is 14.3 Å². The van der Waals surface area contributed by atoms with Gasteiger partial charge in [-0.15, -0.1) is 0 Å². The largest absolute Gasteiger partial charge is 0.507 e. The van der Waals surface area contributed by atoms with E-state index >= 15 is 0 Å². The molecule has 0 saturated carbocycles. The fourth-order valence-electron chi connectivity index (χ4n) is 2.85. The first kappa shape index (κ1) is 22.3. The summed E-state index contributed by atoms with van der Waals surface area (Å²) in [6.07, 6.45) is 3.27. The van der Waals surface area contributed by atoms with Crippen molar-refractivity contribution in [2.45, 2.75) is 39.5 Å². The summed E-state index contributed by atoms with van der Waals surface area (Å²) in [5.41, 5.74) is 2.38. The lowest BCUT2D eigenvalue weighted by Crippen LogP contribution is -2.04. The first-order chi connectivity index (χ1) is 14.0. The lowest BCUT2D eigenvalue weighted by atomic mass is 9.99. The number of aromatic hydroxyl groups is 1. The maximum Gasteiger partial charge on any atom is 0.298 e. The number of carbonyl (C=O) groups is 1. The van der Waals surface area contributed by atoms with Crippen molar-refractivity contribution in [3.8, 4) is 23.0 Å². The van der Waals surface area contributed by atoms with Crippen molar-refractivity contribution in [3.63, 3.8) is 0 Å². The van der Waals surface area contributed by atoms with Crippen molar-refractivity contribution in [2.24, 2.45) is 0 Å². The molecule has 2 aromatic carbocycles. The molecule has 0 amide bonds. The second-order valence-electron chi connectivity index (χ2n) is 6.65. The summed E-state index contributed by atoms with van der Waals surface area (Å²) in [5, 5.41) is 10.4. The van der Waals surface area contributed by atoms with Crippen molar-refractivity contribution in [1.29, 1.82) is 0 Å². The third-order valence-electron chi connectivity index (χ3n) is 4.46. The van der Waals surface area contributed by atoms with E-state index in [1.807, 2.05) is 19.1 Å². The summed E-state index contributed by atoms with van der Waals surface area (Å²) >= 11 is 0. The number of carbonyl (C=O) groups excluding carboxylic acids is 1. The van der Waals surface area contributed by atoms with Crippen LogP contribution in [-0.2, 0) is 4.79 Å². The summed E-state index contributed by atoms with van der Waals surface area (Å²) in [5.74, 6) is 0.495. The van der Waals surface area contributed by atoms with Gasteiger partial charge in [0.25, 0.3) is 6.47 Å². The molecule has 0 atom stereocenters. The highest BCUT2D eigenvalue weighted by Crippen LogP contribution is 2.35. The number of rotatable bonds is 12. The summed E-state index contributed by atoms with van der Waals surface area (Å²) < 4.78 is 29.3. The number of allylic oxidation sites excluding steroid dienone is 1. The molecule has 0 aliphatic heterocycles. The number of hydrogen-bond donors (Lipinski definition) is 1. The molecule has 29 heavy (non-hydrogen) atoms. The first-order valence-electron chi connectivity index (χ1n) is 9.64. The Hall–Kier alpha value is -3.02. The maximum absolute atomic E-state index is 13.4. The summed E-state index contributed by atoms with van der Waals surface area (Å²) in [6, 6.07) is 7.69. The van der Waals surface area contributed by atoms with E-state index in [1.165, 1.54) is 18.2 Å². The Balaban J connectivity index is 1.78. The molecule has 6 heteroatoms. The van der Waals surface area contributed by atoms with Crippen LogP contribution in [0.25, 0.3) is 5.57 Å². The second kappa shape index (κ2) is 11.1. The van der Waals surface area contributed by atoms with E-state index in [4.69, 9.17) is 9.47 Å². The van der Waals surface area contributed by atoms with E-state index in [2.05, 4.69) is 18.2 Å². The van der Waals surface area contributed by atoms with Gasteiger partial charge in [-0.05, 0) is 56.0 Å². The number of benzene rings is 2. The Morgan fingerprint density at radius 3 is 2.55 bits per heavy atom. The smallest absolute Gasteiger partial charge is 0.298 e. The van der Waals surface area contributed by atoms with Gasteiger partial charge in [0, 0.05) is 17.2 Å². The Bertz CT molecular complexity index is 847. The van der Waals surface area contributed by atoms with E-state index < -0.39 is 5.82 Å². The number of hydrogen-bond acceptors (Lipinski definition) is 5. The van der Waals surface area contributed by atoms with Crippen LogP contribution in [0.4, 0.5) is 4.39 Å². The van der Waals surface area contributed by atoms with Crippen LogP contribution in [-0.4, -0.2) is 24.8 Å². The molecule has 0 bridgehead atoms. The number of phenolic OH excluding ortho intramolecular Hbond substituents is 1. The minimum Gasteiger partial charge on any atom is -0.507 e. The quantitative estimate of drug-likeness (QED) is 0.379. The van der Waals surface area contributed by atoms with Crippen LogP contribution in [0.1, 0.15) is 43.7 Å². The molecule has 0 heterocycles. The third-order valence-corrected chi connectivity index (χ3v) is 4.46. The normalized spacial score (nSPS) is 10.4. The molecule has 0 radical (unpaired) electrons. The minimum atomic E-state index is -0.624. The van der Waals surface area contributed by atoms with Crippen molar-refractivity contribution in [2.75, 3.05) is 13.2 Å². The van der Waals surface area contributed by atoms with Gasteiger partial charge in [0.05, 0.1) is 13.2 Å². The van der Waals surface area contributed by atoms with Crippen LogP contribution >= 0.6 is 0 Å². The Kier molecular flexibility index (Phi) is 8.52. The summed E-state index contributed by atoms with van der Waals surface area (Å²) in [4.78, 5) is 10.3. The molecule has 156 valence electrons. The first-order valence-corrected chi connectivity index (χ1v) is 9.64. The number of halogens is 1. The zero-order valence-corrected chi connectivity index (χ0v) is 16.9. The topological polar surface area (TPSA) is 65.0 Å². The molecule has 0 fully saturated rings. The van der Waals surface area contributed by atoms with E-state index in [0.717, 1.165) is 36.8 Å². The molecule has 0 spiro atoms. The molecule has 0 aliphatic rings. The molecular formula is C23H27FO5. The number of phenols is 1.